The molecule has 4 atom stereocenters. The number of hydrogen-bond donors (Lipinski definition) is 0. The maximum atomic E-state index is 14.2. The van der Waals surface area contributed by atoms with Gasteiger partial charge in [0.05, 0.1) is 38.0 Å². The largest absolute Gasteiger partial charge is 0.497 e. The van der Waals surface area contributed by atoms with E-state index in [0.29, 0.717) is 0 Å². The first kappa shape index (κ1) is 23.3. The summed E-state index contributed by atoms with van der Waals surface area (Å²) in [5, 5.41) is 0. The van der Waals surface area contributed by atoms with Crippen LogP contribution in [0.4, 0.5) is 0 Å². The highest BCUT2D eigenvalue weighted by Crippen LogP contribution is 2.53. The fourth-order valence-corrected chi connectivity index (χ4v) is 5.66. The van der Waals surface area contributed by atoms with Crippen molar-refractivity contribution in [2.24, 2.45) is 5.92 Å². The van der Waals surface area contributed by atoms with Crippen molar-refractivity contribution in [1.29, 1.82) is 0 Å². The Labute approximate surface area is 205 Å². The van der Waals surface area contributed by atoms with Crippen LogP contribution in [-0.2, 0) is 19.1 Å². The molecule has 35 heavy (non-hydrogen) atoms. The minimum absolute atomic E-state index is 0.0430. The number of amides is 1. The minimum Gasteiger partial charge on any atom is -0.497 e. The molecule has 1 heterocycles. The highest BCUT2D eigenvalue weighted by molar-refractivity contribution is 7.85. The Morgan fingerprint density at radius 1 is 0.943 bits per heavy atom. The number of carbonyl (C=O) groups excluding carboxylic acids is 1. The van der Waals surface area contributed by atoms with E-state index >= 15 is 0 Å². The minimum atomic E-state index is -3.71. The first-order valence-corrected chi connectivity index (χ1v) is 13.3. The van der Waals surface area contributed by atoms with Gasteiger partial charge < -0.3 is 9.64 Å². The van der Waals surface area contributed by atoms with Gasteiger partial charge in [0.25, 0.3) is 10.1 Å². The van der Waals surface area contributed by atoms with Crippen LogP contribution in [0.15, 0.2) is 84.9 Å². The molecule has 0 saturated carbocycles. The summed E-state index contributed by atoms with van der Waals surface area (Å²) in [5.41, 5.74) is 3.79. The number of hydrogen-bond acceptors (Lipinski definition) is 5. The zero-order valence-electron chi connectivity index (χ0n) is 19.6. The molecule has 0 spiro atoms. The highest BCUT2D eigenvalue weighted by atomic mass is 32.2. The molecule has 3 aromatic carbocycles. The zero-order valence-corrected chi connectivity index (χ0v) is 20.4. The monoisotopic (exact) mass is 489 g/mol. The van der Waals surface area contributed by atoms with Crippen molar-refractivity contribution in [3.63, 3.8) is 0 Å². The van der Waals surface area contributed by atoms with Crippen LogP contribution in [0.25, 0.3) is 6.08 Å². The predicted octanol–water partition coefficient (Wildman–Crippen LogP) is 4.72. The van der Waals surface area contributed by atoms with E-state index in [1.807, 2.05) is 83.8 Å². The van der Waals surface area contributed by atoms with Crippen molar-refractivity contribution in [2.45, 2.75) is 18.0 Å². The van der Waals surface area contributed by atoms with Crippen molar-refractivity contribution >= 4 is 22.1 Å². The quantitative estimate of drug-likeness (QED) is 0.449. The maximum absolute atomic E-state index is 14.2. The van der Waals surface area contributed by atoms with Crippen molar-refractivity contribution < 1.29 is 22.1 Å². The molecule has 0 N–H and O–H groups in total. The smallest absolute Gasteiger partial charge is 0.264 e. The first-order valence-electron chi connectivity index (χ1n) is 11.5. The Morgan fingerprint density at radius 3 is 2.31 bits per heavy atom. The number of carbonyl (C=O) groups is 1. The topological polar surface area (TPSA) is 72.9 Å². The van der Waals surface area contributed by atoms with E-state index in [0.717, 1.165) is 34.3 Å². The molecule has 0 unspecified atom stereocenters. The second-order valence-electron chi connectivity index (χ2n) is 8.92. The van der Waals surface area contributed by atoms with E-state index in [9.17, 15) is 13.2 Å². The molecule has 6 nitrogen and oxygen atoms in total. The van der Waals surface area contributed by atoms with Gasteiger partial charge in [-0.15, -0.1) is 0 Å². The van der Waals surface area contributed by atoms with E-state index in [1.165, 1.54) is 0 Å². The van der Waals surface area contributed by atoms with Crippen molar-refractivity contribution in [1.82, 2.24) is 4.90 Å². The lowest BCUT2D eigenvalue weighted by Crippen LogP contribution is -2.36. The van der Waals surface area contributed by atoms with Crippen molar-refractivity contribution in [2.75, 3.05) is 20.0 Å². The fraction of sp³-hybridized carbons (Fsp3) is 0.250. The summed E-state index contributed by atoms with van der Waals surface area (Å²) < 4.78 is 34.5. The van der Waals surface area contributed by atoms with Crippen molar-refractivity contribution in [3.8, 4) is 5.75 Å². The van der Waals surface area contributed by atoms with Gasteiger partial charge in [0, 0.05) is 5.92 Å². The van der Waals surface area contributed by atoms with Gasteiger partial charge >= 0.3 is 0 Å². The average Bonchev–Trinajstić information content (AvgIpc) is 3.17. The summed E-state index contributed by atoms with van der Waals surface area (Å²) in [6.07, 6.45) is 5.22. The summed E-state index contributed by atoms with van der Waals surface area (Å²) in [4.78, 5) is 16.0. The van der Waals surface area contributed by atoms with Crippen LogP contribution >= 0.6 is 0 Å². The Kier molecular flexibility index (Phi) is 6.21. The lowest BCUT2D eigenvalue weighted by molar-refractivity contribution is -0.133. The molecule has 1 amide bonds. The van der Waals surface area contributed by atoms with Gasteiger partial charge in [-0.25, -0.2) is 0 Å². The first-order chi connectivity index (χ1) is 16.9. The number of methoxy groups -OCH3 is 1. The van der Waals surface area contributed by atoms with Gasteiger partial charge in [-0.05, 0) is 34.4 Å². The molecule has 1 aliphatic heterocycles. The fourth-order valence-electron chi connectivity index (χ4n) is 5.28. The summed E-state index contributed by atoms with van der Waals surface area (Å²) in [7, 11) is -2.09. The molecule has 0 radical (unpaired) electrons. The molecule has 0 bridgehead atoms. The summed E-state index contributed by atoms with van der Waals surface area (Å²) >= 11 is 0. The SMILES string of the molecule is COc1ccc([C@H]2[C@@H]3C=Cc4ccccc4[C@@H]3C(=O)N2[C@@H](COS(C)(=O)=O)c2ccccc2)cc1. The number of benzene rings is 3. The van der Waals surface area contributed by atoms with Crippen molar-refractivity contribution in [3.05, 3.63) is 107 Å². The van der Waals surface area contributed by atoms with Crippen LogP contribution in [0.1, 0.15) is 40.3 Å². The number of likely N-dealkylation sites (tertiary alicyclic amines) is 1. The van der Waals surface area contributed by atoms with Gasteiger partial charge in [-0.2, -0.15) is 8.42 Å². The van der Waals surface area contributed by atoms with Gasteiger partial charge in [0.15, 0.2) is 0 Å². The molecule has 180 valence electrons. The van der Waals surface area contributed by atoms with E-state index in [1.54, 1.807) is 7.11 Å². The number of rotatable bonds is 7. The Balaban J connectivity index is 1.65. The molecular weight excluding hydrogens is 462 g/mol. The number of ether oxygens (including phenoxy) is 1. The average molecular weight is 490 g/mol. The standard InChI is InChI=1S/C28H27NO5S/c1-33-22-15-12-21(13-16-22)27-24-17-14-19-8-6-7-11-23(19)26(24)28(30)29(27)25(18-34-35(2,31)32)20-9-4-3-5-10-20/h3-17,24-27H,18H2,1-2H3/t24-,25+,26+,27+/m1/s1. The molecule has 1 saturated heterocycles. The van der Waals surface area contributed by atoms with E-state index < -0.39 is 16.2 Å². The summed E-state index contributed by atoms with van der Waals surface area (Å²) in [6.45, 7) is -0.161. The van der Waals surface area contributed by atoms with E-state index in [-0.39, 0.29) is 30.4 Å². The van der Waals surface area contributed by atoms with Crippen LogP contribution in [-0.4, -0.2) is 39.2 Å². The molecule has 5 rings (SSSR count). The zero-order chi connectivity index (χ0) is 24.6. The van der Waals surface area contributed by atoms with Gasteiger partial charge in [-0.3, -0.25) is 8.98 Å². The third-order valence-electron chi connectivity index (χ3n) is 6.82. The molecule has 1 aliphatic carbocycles. The number of nitrogens with zero attached hydrogens (tertiary/aromatic N) is 1. The third-order valence-corrected chi connectivity index (χ3v) is 7.38. The van der Waals surface area contributed by atoms with Gasteiger partial charge in [-0.1, -0.05) is 78.9 Å². The van der Waals surface area contributed by atoms with E-state index in [4.69, 9.17) is 8.92 Å². The molecule has 7 heteroatoms. The second kappa shape index (κ2) is 9.32. The Hall–Kier alpha value is -3.42. The molecule has 3 aromatic rings. The normalized spacial score (nSPS) is 21.9. The molecule has 0 aromatic heterocycles. The summed E-state index contributed by atoms with van der Waals surface area (Å²) in [6, 6.07) is 24.2. The van der Waals surface area contributed by atoms with Crippen LogP contribution in [0.5, 0.6) is 5.75 Å². The third kappa shape index (κ3) is 4.49. The second-order valence-corrected chi connectivity index (χ2v) is 10.6. The Bertz CT molecular complexity index is 1350. The van der Waals surface area contributed by atoms with Crippen LogP contribution in [0, 0.1) is 5.92 Å². The lowest BCUT2D eigenvalue weighted by Gasteiger charge is -2.35. The maximum Gasteiger partial charge on any atom is 0.264 e. The van der Waals surface area contributed by atoms with Crippen LogP contribution in [0.3, 0.4) is 0 Å². The lowest BCUT2D eigenvalue weighted by atomic mass is 9.77. The van der Waals surface area contributed by atoms with Gasteiger partial charge in [0.2, 0.25) is 5.91 Å². The predicted molar refractivity (Wildman–Crippen MR) is 134 cm³/mol. The molecule has 2 aliphatic rings. The van der Waals surface area contributed by atoms with Gasteiger partial charge in [0.1, 0.15) is 5.75 Å². The molecular formula is C28H27NO5S. The molecule has 1 fully saturated rings. The van der Waals surface area contributed by atoms with Crippen LogP contribution in [0.2, 0.25) is 0 Å². The van der Waals surface area contributed by atoms with Crippen LogP contribution < -0.4 is 4.74 Å². The summed E-state index contributed by atoms with van der Waals surface area (Å²) in [5.74, 6) is 0.201. The number of fused-ring (bicyclic) bond motifs is 3. The van der Waals surface area contributed by atoms with E-state index in [2.05, 4.69) is 12.2 Å². The highest BCUT2D eigenvalue weighted by Gasteiger charge is 2.52. The Morgan fingerprint density at radius 2 is 1.63 bits per heavy atom.